The van der Waals surface area contributed by atoms with E-state index in [0.29, 0.717) is 17.9 Å². The molecule has 0 fully saturated rings. The van der Waals surface area contributed by atoms with Gasteiger partial charge in [0.2, 0.25) is 0 Å². The number of ether oxygens (including phenoxy) is 1. The molecule has 0 bridgehead atoms. The fourth-order valence-corrected chi connectivity index (χ4v) is 4.78. The molecule has 0 atom stereocenters. The first-order valence-corrected chi connectivity index (χ1v) is 12.3. The second kappa shape index (κ2) is 9.50. The Morgan fingerprint density at radius 3 is 2.27 bits per heavy atom. The van der Waals surface area contributed by atoms with Gasteiger partial charge in [0.25, 0.3) is 10.0 Å². The topological polar surface area (TPSA) is 73.2 Å². The van der Waals surface area contributed by atoms with Gasteiger partial charge in [0.1, 0.15) is 11.5 Å². The number of nitrogens with one attached hydrogen (secondary N) is 1. The second-order valence-electron chi connectivity index (χ2n) is 7.87. The molecule has 1 heterocycles. The van der Waals surface area contributed by atoms with Crippen LogP contribution in [0.15, 0.2) is 83.8 Å². The van der Waals surface area contributed by atoms with Gasteiger partial charge in [-0.2, -0.15) is 5.10 Å². The van der Waals surface area contributed by atoms with Gasteiger partial charge in [0.05, 0.1) is 28.5 Å². The fourth-order valence-electron chi connectivity index (χ4n) is 3.60. The molecule has 0 radical (unpaired) electrons. The standard InChI is InChI=1S/C26H27N3O3S/c1-4-21-13-15-25(16-14-21)33(30,31)28-26-19(2)27-29(20(26)3)18-22-9-8-12-24(17-22)32-23-10-6-5-7-11-23/h5-17,28H,4,18H2,1-3H3. The van der Waals surface area contributed by atoms with E-state index in [1.54, 1.807) is 23.7 Å². The third kappa shape index (κ3) is 5.26. The highest BCUT2D eigenvalue weighted by Gasteiger charge is 2.20. The van der Waals surface area contributed by atoms with Crippen molar-refractivity contribution in [2.45, 2.75) is 38.6 Å². The van der Waals surface area contributed by atoms with Gasteiger partial charge < -0.3 is 4.74 Å². The zero-order valence-electron chi connectivity index (χ0n) is 18.9. The van der Waals surface area contributed by atoms with Crippen LogP contribution >= 0.6 is 0 Å². The van der Waals surface area contributed by atoms with E-state index in [1.165, 1.54) is 0 Å². The van der Waals surface area contributed by atoms with Crippen LogP contribution in [0.5, 0.6) is 11.5 Å². The summed E-state index contributed by atoms with van der Waals surface area (Å²) in [5.41, 5.74) is 3.96. The molecular weight excluding hydrogens is 434 g/mol. The zero-order valence-corrected chi connectivity index (χ0v) is 19.8. The molecule has 0 unspecified atom stereocenters. The lowest BCUT2D eigenvalue weighted by Crippen LogP contribution is -2.14. The van der Waals surface area contributed by atoms with Crippen LogP contribution in [-0.2, 0) is 23.0 Å². The smallest absolute Gasteiger partial charge is 0.262 e. The summed E-state index contributed by atoms with van der Waals surface area (Å²) < 4.78 is 36.3. The maximum absolute atomic E-state index is 12.9. The van der Waals surface area contributed by atoms with Gasteiger partial charge in [-0.25, -0.2) is 8.42 Å². The lowest BCUT2D eigenvalue weighted by molar-refractivity contribution is 0.481. The van der Waals surface area contributed by atoms with Crippen LogP contribution < -0.4 is 9.46 Å². The van der Waals surface area contributed by atoms with E-state index in [0.717, 1.165) is 34.7 Å². The van der Waals surface area contributed by atoms with Crippen molar-refractivity contribution in [1.82, 2.24) is 9.78 Å². The van der Waals surface area contributed by atoms with Crippen molar-refractivity contribution in [2.75, 3.05) is 4.72 Å². The number of benzene rings is 3. The highest BCUT2D eigenvalue weighted by Crippen LogP contribution is 2.26. The Morgan fingerprint density at radius 1 is 0.879 bits per heavy atom. The maximum atomic E-state index is 12.9. The molecule has 4 aromatic rings. The van der Waals surface area contributed by atoms with Crippen molar-refractivity contribution in [2.24, 2.45) is 0 Å². The lowest BCUT2D eigenvalue weighted by atomic mass is 10.2. The van der Waals surface area contributed by atoms with Crippen molar-refractivity contribution >= 4 is 15.7 Å². The minimum absolute atomic E-state index is 0.233. The molecule has 0 saturated carbocycles. The number of hydrogen-bond donors (Lipinski definition) is 1. The SMILES string of the molecule is CCc1ccc(S(=O)(=O)Nc2c(C)nn(Cc3cccc(Oc4ccccc4)c3)c2C)cc1. The number of sulfonamides is 1. The summed E-state index contributed by atoms with van der Waals surface area (Å²) in [7, 11) is -3.71. The second-order valence-corrected chi connectivity index (χ2v) is 9.55. The summed E-state index contributed by atoms with van der Waals surface area (Å²) in [5, 5.41) is 4.57. The first-order valence-electron chi connectivity index (χ1n) is 10.8. The predicted molar refractivity (Wildman–Crippen MR) is 130 cm³/mol. The minimum Gasteiger partial charge on any atom is -0.457 e. The minimum atomic E-state index is -3.71. The molecule has 33 heavy (non-hydrogen) atoms. The summed E-state index contributed by atoms with van der Waals surface area (Å²) in [6, 6.07) is 24.3. The highest BCUT2D eigenvalue weighted by atomic mass is 32.2. The first-order chi connectivity index (χ1) is 15.9. The Bertz CT molecular complexity index is 1350. The quantitative estimate of drug-likeness (QED) is 0.365. The van der Waals surface area contributed by atoms with E-state index < -0.39 is 10.0 Å². The van der Waals surface area contributed by atoms with Crippen molar-refractivity contribution in [3.05, 3.63) is 101 Å². The number of rotatable bonds is 8. The molecule has 170 valence electrons. The van der Waals surface area contributed by atoms with Crippen LogP contribution in [0.4, 0.5) is 5.69 Å². The largest absolute Gasteiger partial charge is 0.457 e. The molecule has 0 aliphatic rings. The van der Waals surface area contributed by atoms with Crippen molar-refractivity contribution in [1.29, 1.82) is 0 Å². The van der Waals surface area contributed by atoms with E-state index in [9.17, 15) is 8.42 Å². The van der Waals surface area contributed by atoms with Gasteiger partial charge in [0, 0.05) is 0 Å². The molecular formula is C26H27N3O3S. The van der Waals surface area contributed by atoms with E-state index in [1.807, 2.05) is 80.6 Å². The van der Waals surface area contributed by atoms with Crippen LogP contribution in [0.1, 0.15) is 29.4 Å². The molecule has 0 aliphatic heterocycles. The summed E-state index contributed by atoms with van der Waals surface area (Å²) >= 11 is 0. The molecule has 3 aromatic carbocycles. The number of para-hydroxylation sites is 1. The van der Waals surface area contributed by atoms with E-state index in [2.05, 4.69) is 9.82 Å². The highest BCUT2D eigenvalue weighted by molar-refractivity contribution is 7.92. The summed E-state index contributed by atoms with van der Waals surface area (Å²) in [6.07, 6.45) is 0.857. The summed E-state index contributed by atoms with van der Waals surface area (Å²) in [6.45, 7) is 6.19. The van der Waals surface area contributed by atoms with Gasteiger partial charge in [0.15, 0.2) is 0 Å². The van der Waals surface area contributed by atoms with Crippen LogP contribution in [0, 0.1) is 13.8 Å². The Labute approximate surface area is 194 Å². The fraction of sp³-hybridized carbons (Fsp3) is 0.192. The average molecular weight is 462 g/mol. The molecule has 0 aliphatic carbocycles. The first kappa shape index (κ1) is 22.6. The number of aromatic nitrogens is 2. The van der Waals surface area contributed by atoms with E-state index in [4.69, 9.17) is 4.74 Å². The normalized spacial score (nSPS) is 11.4. The van der Waals surface area contributed by atoms with Crippen LogP contribution in [-0.4, -0.2) is 18.2 Å². The summed E-state index contributed by atoms with van der Waals surface area (Å²) in [5.74, 6) is 1.50. The average Bonchev–Trinajstić information content (AvgIpc) is 3.07. The van der Waals surface area contributed by atoms with Crippen LogP contribution in [0.25, 0.3) is 0 Å². The van der Waals surface area contributed by atoms with Crippen molar-refractivity contribution in [3.8, 4) is 11.5 Å². The monoisotopic (exact) mass is 461 g/mol. The molecule has 0 amide bonds. The molecule has 1 N–H and O–H groups in total. The van der Waals surface area contributed by atoms with E-state index in [-0.39, 0.29) is 4.90 Å². The maximum Gasteiger partial charge on any atom is 0.262 e. The van der Waals surface area contributed by atoms with Gasteiger partial charge in [-0.15, -0.1) is 0 Å². The Morgan fingerprint density at radius 2 is 1.58 bits per heavy atom. The molecule has 1 aromatic heterocycles. The van der Waals surface area contributed by atoms with Gasteiger partial charge in [-0.1, -0.05) is 49.4 Å². The van der Waals surface area contributed by atoms with E-state index >= 15 is 0 Å². The third-order valence-electron chi connectivity index (χ3n) is 5.47. The lowest BCUT2D eigenvalue weighted by Gasteiger charge is -2.11. The Balaban J connectivity index is 1.53. The molecule has 7 heteroatoms. The van der Waals surface area contributed by atoms with Crippen LogP contribution in [0.2, 0.25) is 0 Å². The van der Waals surface area contributed by atoms with Gasteiger partial charge in [-0.3, -0.25) is 9.40 Å². The predicted octanol–water partition coefficient (Wildman–Crippen LogP) is 5.70. The molecule has 0 saturated heterocycles. The molecule has 6 nitrogen and oxygen atoms in total. The molecule has 4 rings (SSSR count). The Hall–Kier alpha value is -3.58. The molecule has 0 spiro atoms. The van der Waals surface area contributed by atoms with Crippen molar-refractivity contribution < 1.29 is 13.2 Å². The van der Waals surface area contributed by atoms with Crippen LogP contribution in [0.3, 0.4) is 0 Å². The third-order valence-corrected chi connectivity index (χ3v) is 6.84. The Kier molecular flexibility index (Phi) is 6.51. The van der Waals surface area contributed by atoms with Gasteiger partial charge >= 0.3 is 0 Å². The number of aryl methyl sites for hydroxylation is 2. The zero-order chi connectivity index (χ0) is 23.4. The van der Waals surface area contributed by atoms with Gasteiger partial charge in [-0.05, 0) is 67.8 Å². The number of hydrogen-bond acceptors (Lipinski definition) is 4. The number of nitrogens with zero attached hydrogens (tertiary/aromatic N) is 2. The summed E-state index contributed by atoms with van der Waals surface area (Å²) in [4.78, 5) is 0.233. The number of anilines is 1. The van der Waals surface area contributed by atoms with Crippen molar-refractivity contribution in [3.63, 3.8) is 0 Å².